The van der Waals surface area contributed by atoms with Crippen LogP contribution in [0.1, 0.15) is 55.4 Å². The Bertz CT molecular complexity index is 1140. The van der Waals surface area contributed by atoms with E-state index in [2.05, 4.69) is 37.4 Å². The molecule has 3 aromatic rings. The number of benzene rings is 3. The Morgan fingerprint density at radius 3 is 2.54 bits per heavy atom. The summed E-state index contributed by atoms with van der Waals surface area (Å²) in [7, 11) is 1.67. The summed E-state index contributed by atoms with van der Waals surface area (Å²) < 4.78 is 11.6. The number of aryl methyl sites for hydroxylation is 1. The van der Waals surface area contributed by atoms with Crippen molar-refractivity contribution in [1.29, 1.82) is 0 Å². The molecule has 0 aliphatic heterocycles. The molecule has 4 rings (SSSR count). The number of fused-ring (bicyclic) bond motifs is 1. The number of hydrogen-bond donors (Lipinski definition) is 3. The van der Waals surface area contributed by atoms with Gasteiger partial charge in [-0.15, -0.1) is 0 Å². The Morgan fingerprint density at radius 1 is 1.03 bits per heavy atom. The summed E-state index contributed by atoms with van der Waals surface area (Å²) in [4.78, 5) is 0. The van der Waals surface area contributed by atoms with Crippen LogP contribution >= 0.6 is 0 Å². The van der Waals surface area contributed by atoms with Gasteiger partial charge in [0.25, 0.3) is 0 Å². The number of rotatable bonds is 10. The van der Waals surface area contributed by atoms with Crippen LogP contribution in [0.15, 0.2) is 48.5 Å². The third-order valence-electron chi connectivity index (χ3n) is 7.09. The highest BCUT2D eigenvalue weighted by Gasteiger charge is 2.22. The largest absolute Gasteiger partial charge is 0.507 e. The lowest BCUT2D eigenvalue weighted by atomic mass is 9.84. The first-order valence-corrected chi connectivity index (χ1v) is 12.8. The van der Waals surface area contributed by atoms with Crippen molar-refractivity contribution in [3.8, 4) is 28.4 Å². The standard InChI is InChI=1S/C30H38N2O3/c1-4-20(2)32-17-18-35-23-12-9-21(10-13-23)19-26-28(34-3)16-14-25(30(26)31)29-24-8-6-5-7-22(24)11-15-27(29)33/h9-16,20,32-33H,4-8,17-19,31H2,1-3H3. The average molecular weight is 475 g/mol. The molecule has 0 saturated carbocycles. The molecule has 0 fully saturated rings. The number of nitrogens with one attached hydrogen (secondary N) is 1. The third-order valence-corrected chi connectivity index (χ3v) is 7.09. The number of hydrogen-bond acceptors (Lipinski definition) is 5. The van der Waals surface area contributed by atoms with Crippen molar-refractivity contribution in [2.75, 3.05) is 26.0 Å². The molecular formula is C30H38N2O3. The first kappa shape index (κ1) is 24.9. The lowest BCUT2D eigenvalue weighted by Crippen LogP contribution is -2.29. The number of phenols is 1. The van der Waals surface area contributed by atoms with E-state index in [9.17, 15) is 5.11 Å². The van der Waals surface area contributed by atoms with Crippen molar-refractivity contribution in [2.24, 2.45) is 0 Å². The van der Waals surface area contributed by atoms with E-state index in [0.29, 0.717) is 24.8 Å². The molecule has 1 atom stereocenters. The van der Waals surface area contributed by atoms with Crippen LogP contribution in [0.4, 0.5) is 5.69 Å². The van der Waals surface area contributed by atoms with Crippen LogP contribution in [0.2, 0.25) is 0 Å². The highest BCUT2D eigenvalue weighted by atomic mass is 16.5. The SMILES string of the molecule is CCC(C)NCCOc1ccc(Cc2c(OC)ccc(-c3c(O)ccc4c3CCCC4)c2N)cc1. The molecule has 1 unspecified atom stereocenters. The Morgan fingerprint density at radius 2 is 1.80 bits per heavy atom. The maximum Gasteiger partial charge on any atom is 0.124 e. The van der Waals surface area contributed by atoms with Gasteiger partial charge in [0.1, 0.15) is 23.9 Å². The van der Waals surface area contributed by atoms with E-state index in [4.69, 9.17) is 15.2 Å². The van der Waals surface area contributed by atoms with E-state index >= 15 is 0 Å². The van der Waals surface area contributed by atoms with Crippen molar-refractivity contribution < 1.29 is 14.6 Å². The number of methoxy groups -OCH3 is 1. The summed E-state index contributed by atoms with van der Waals surface area (Å²) in [6.07, 6.45) is 6.08. The van der Waals surface area contributed by atoms with Crippen LogP contribution in [-0.4, -0.2) is 31.4 Å². The number of anilines is 1. The highest BCUT2D eigenvalue weighted by molar-refractivity contribution is 5.86. The van der Waals surface area contributed by atoms with E-state index in [-0.39, 0.29) is 5.75 Å². The number of nitrogens with two attached hydrogens (primary N) is 1. The zero-order valence-corrected chi connectivity index (χ0v) is 21.2. The molecule has 0 spiro atoms. The van der Waals surface area contributed by atoms with Gasteiger partial charge in [0.05, 0.1) is 7.11 Å². The minimum Gasteiger partial charge on any atom is -0.507 e. The number of phenolic OH excluding ortho intramolecular Hbond substituents is 1. The lowest BCUT2D eigenvalue weighted by molar-refractivity contribution is 0.306. The fourth-order valence-corrected chi connectivity index (χ4v) is 4.88. The lowest BCUT2D eigenvalue weighted by Gasteiger charge is -2.23. The molecule has 1 aliphatic rings. The fourth-order valence-electron chi connectivity index (χ4n) is 4.88. The van der Waals surface area contributed by atoms with Gasteiger partial charge >= 0.3 is 0 Å². The zero-order chi connectivity index (χ0) is 24.8. The summed E-state index contributed by atoms with van der Waals surface area (Å²) in [6.45, 7) is 5.81. The number of ether oxygens (including phenoxy) is 2. The molecule has 3 aromatic carbocycles. The second-order valence-corrected chi connectivity index (χ2v) is 9.44. The predicted molar refractivity (Wildman–Crippen MR) is 144 cm³/mol. The summed E-state index contributed by atoms with van der Waals surface area (Å²) in [5.41, 5.74) is 13.8. The third kappa shape index (κ3) is 5.73. The van der Waals surface area contributed by atoms with Gasteiger partial charge in [0.2, 0.25) is 0 Å². The van der Waals surface area contributed by atoms with Crippen molar-refractivity contribution in [1.82, 2.24) is 5.32 Å². The molecule has 0 aromatic heterocycles. The van der Waals surface area contributed by atoms with Gasteiger partial charge in [-0.3, -0.25) is 0 Å². The Kier molecular flexibility index (Phi) is 8.19. The van der Waals surface area contributed by atoms with E-state index in [1.54, 1.807) is 13.2 Å². The molecule has 0 amide bonds. The second kappa shape index (κ2) is 11.5. The van der Waals surface area contributed by atoms with Crippen LogP contribution in [0.3, 0.4) is 0 Å². The van der Waals surface area contributed by atoms with Gasteiger partial charge in [-0.25, -0.2) is 0 Å². The first-order chi connectivity index (χ1) is 17.0. The zero-order valence-electron chi connectivity index (χ0n) is 21.2. The minimum absolute atomic E-state index is 0.290. The molecular weight excluding hydrogens is 436 g/mol. The van der Waals surface area contributed by atoms with Gasteiger partial charge in [0, 0.05) is 41.4 Å². The Hall–Kier alpha value is -3.18. The van der Waals surface area contributed by atoms with Crippen LogP contribution in [0.5, 0.6) is 17.2 Å². The van der Waals surface area contributed by atoms with Gasteiger partial charge in [-0.2, -0.15) is 0 Å². The van der Waals surface area contributed by atoms with Gasteiger partial charge < -0.3 is 25.6 Å². The van der Waals surface area contributed by atoms with Crippen LogP contribution in [-0.2, 0) is 19.3 Å². The molecule has 0 heterocycles. The van der Waals surface area contributed by atoms with Crippen molar-refractivity contribution >= 4 is 5.69 Å². The first-order valence-electron chi connectivity index (χ1n) is 12.8. The summed E-state index contributed by atoms with van der Waals surface area (Å²) in [6, 6.07) is 16.5. The quantitative estimate of drug-likeness (QED) is 0.252. The summed E-state index contributed by atoms with van der Waals surface area (Å²) >= 11 is 0. The van der Waals surface area contributed by atoms with Gasteiger partial charge in [-0.05, 0) is 86.1 Å². The van der Waals surface area contributed by atoms with E-state index < -0.39 is 0 Å². The molecule has 1 aliphatic carbocycles. The van der Waals surface area contributed by atoms with Crippen LogP contribution in [0, 0.1) is 0 Å². The van der Waals surface area contributed by atoms with Gasteiger partial charge in [-0.1, -0.05) is 25.1 Å². The smallest absolute Gasteiger partial charge is 0.124 e. The molecule has 4 N–H and O–H groups in total. The molecule has 35 heavy (non-hydrogen) atoms. The van der Waals surface area contributed by atoms with Crippen LogP contribution in [0.25, 0.3) is 11.1 Å². The number of nitrogen functional groups attached to an aromatic ring is 1. The van der Waals surface area contributed by atoms with Crippen molar-refractivity contribution in [3.05, 3.63) is 70.8 Å². The van der Waals surface area contributed by atoms with Crippen molar-refractivity contribution in [2.45, 2.75) is 58.4 Å². The molecule has 5 heteroatoms. The topological polar surface area (TPSA) is 76.7 Å². The molecule has 5 nitrogen and oxygen atoms in total. The highest BCUT2D eigenvalue weighted by Crippen LogP contribution is 2.43. The monoisotopic (exact) mass is 474 g/mol. The predicted octanol–water partition coefficient (Wildman–Crippen LogP) is 5.89. The Balaban J connectivity index is 1.56. The van der Waals surface area contributed by atoms with E-state index in [0.717, 1.165) is 66.0 Å². The maximum absolute atomic E-state index is 10.8. The number of aromatic hydroxyl groups is 1. The summed E-state index contributed by atoms with van der Waals surface area (Å²) in [5.74, 6) is 1.90. The Labute approximate surface area is 209 Å². The fraction of sp³-hybridized carbons (Fsp3) is 0.400. The summed E-state index contributed by atoms with van der Waals surface area (Å²) in [5, 5.41) is 14.2. The minimum atomic E-state index is 0.290. The van der Waals surface area contributed by atoms with Crippen LogP contribution < -0.4 is 20.5 Å². The average Bonchev–Trinajstić information content (AvgIpc) is 2.89. The molecule has 0 saturated heterocycles. The second-order valence-electron chi connectivity index (χ2n) is 9.44. The van der Waals surface area contributed by atoms with Gasteiger partial charge in [0.15, 0.2) is 0 Å². The molecule has 0 radical (unpaired) electrons. The van der Waals surface area contributed by atoms with E-state index in [1.807, 2.05) is 24.3 Å². The molecule has 186 valence electrons. The maximum atomic E-state index is 10.8. The van der Waals surface area contributed by atoms with E-state index in [1.165, 1.54) is 17.5 Å². The van der Waals surface area contributed by atoms with Crippen molar-refractivity contribution in [3.63, 3.8) is 0 Å². The molecule has 0 bridgehead atoms. The normalized spacial score (nSPS) is 13.8.